The first-order valence-corrected chi connectivity index (χ1v) is 9.84. The molecule has 1 saturated carbocycles. The second-order valence-electron chi connectivity index (χ2n) is 6.18. The van der Waals surface area contributed by atoms with E-state index >= 15 is 0 Å². The highest BCUT2D eigenvalue weighted by molar-refractivity contribution is 7.98. The van der Waals surface area contributed by atoms with Gasteiger partial charge >= 0.3 is 0 Å². The van der Waals surface area contributed by atoms with Gasteiger partial charge in [-0.3, -0.25) is 4.57 Å². The molecule has 3 heterocycles. The summed E-state index contributed by atoms with van der Waals surface area (Å²) >= 11 is 7.54. The van der Waals surface area contributed by atoms with Crippen molar-refractivity contribution in [3.8, 4) is 23.0 Å². The number of rotatable bonds is 6. The van der Waals surface area contributed by atoms with E-state index in [0.29, 0.717) is 28.6 Å². The summed E-state index contributed by atoms with van der Waals surface area (Å²) in [5.74, 6) is 2.97. The third kappa shape index (κ3) is 3.38. The first kappa shape index (κ1) is 16.6. The van der Waals surface area contributed by atoms with Crippen molar-refractivity contribution in [1.29, 1.82) is 0 Å². The molecule has 27 heavy (non-hydrogen) atoms. The molecule has 0 spiro atoms. The van der Waals surface area contributed by atoms with E-state index in [9.17, 15) is 0 Å². The predicted molar refractivity (Wildman–Crippen MR) is 100 cm³/mol. The van der Waals surface area contributed by atoms with Crippen LogP contribution in [0.2, 0.25) is 5.02 Å². The van der Waals surface area contributed by atoms with E-state index in [-0.39, 0.29) is 0 Å². The largest absolute Gasteiger partial charge is 0.461 e. The van der Waals surface area contributed by atoms with Crippen LogP contribution in [0.3, 0.4) is 0 Å². The molecule has 4 aromatic rings. The van der Waals surface area contributed by atoms with Crippen molar-refractivity contribution in [2.45, 2.75) is 29.8 Å². The molecule has 5 rings (SSSR count). The van der Waals surface area contributed by atoms with Crippen molar-refractivity contribution in [1.82, 2.24) is 25.0 Å². The quantitative estimate of drug-likeness (QED) is 0.428. The van der Waals surface area contributed by atoms with Crippen LogP contribution in [-0.4, -0.2) is 25.0 Å². The molecule has 1 fully saturated rings. The van der Waals surface area contributed by atoms with Gasteiger partial charge in [0.1, 0.15) is 0 Å². The van der Waals surface area contributed by atoms with Gasteiger partial charge < -0.3 is 8.83 Å². The fourth-order valence-corrected chi connectivity index (χ4v) is 3.82. The zero-order valence-corrected chi connectivity index (χ0v) is 15.7. The van der Waals surface area contributed by atoms with Gasteiger partial charge in [0.15, 0.2) is 10.9 Å². The average Bonchev–Trinajstić information content (AvgIpc) is 3.09. The number of halogens is 1. The van der Waals surface area contributed by atoms with E-state index in [1.54, 1.807) is 18.4 Å². The zero-order valence-electron chi connectivity index (χ0n) is 14.1. The number of hydrogen-bond donors (Lipinski definition) is 0. The molecule has 0 saturated heterocycles. The number of thioether (sulfide) groups is 1. The van der Waals surface area contributed by atoms with Crippen molar-refractivity contribution in [3.05, 3.63) is 53.6 Å². The lowest BCUT2D eigenvalue weighted by atomic mass is 10.2. The molecule has 0 atom stereocenters. The molecular weight excluding hydrogens is 386 g/mol. The van der Waals surface area contributed by atoms with Gasteiger partial charge in [0.05, 0.1) is 12.0 Å². The number of aromatic nitrogens is 5. The lowest BCUT2D eigenvalue weighted by Gasteiger charge is -2.06. The maximum atomic E-state index is 6.02. The van der Waals surface area contributed by atoms with Crippen LogP contribution < -0.4 is 0 Å². The van der Waals surface area contributed by atoms with Crippen LogP contribution in [0, 0.1) is 0 Å². The topological polar surface area (TPSA) is 82.8 Å². The van der Waals surface area contributed by atoms with Gasteiger partial charge in [0.2, 0.25) is 17.6 Å². The van der Waals surface area contributed by atoms with Crippen molar-refractivity contribution in [2.75, 3.05) is 0 Å². The summed E-state index contributed by atoms with van der Waals surface area (Å²) in [6.45, 7) is 0. The van der Waals surface area contributed by atoms with Crippen molar-refractivity contribution in [2.24, 2.45) is 0 Å². The number of furan rings is 1. The first-order chi connectivity index (χ1) is 13.3. The number of benzene rings is 1. The molecule has 0 N–H and O–H groups in total. The lowest BCUT2D eigenvalue weighted by Crippen LogP contribution is -1.99. The Morgan fingerprint density at radius 3 is 2.81 bits per heavy atom. The molecule has 3 aromatic heterocycles. The van der Waals surface area contributed by atoms with E-state index in [1.165, 1.54) is 11.8 Å². The zero-order chi connectivity index (χ0) is 18.2. The SMILES string of the molecule is Clc1cccc(-c2nnc(CSc3nnc(-c4ccco4)n3C3CC3)o2)c1. The molecule has 0 bridgehead atoms. The van der Waals surface area contributed by atoms with Crippen molar-refractivity contribution >= 4 is 23.4 Å². The maximum absolute atomic E-state index is 6.02. The summed E-state index contributed by atoms with van der Waals surface area (Å²) < 4.78 is 13.4. The molecule has 1 aromatic carbocycles. The Morgan fingerprint density at radius 2 is 2.04 bits per heavy atom. The minimum Gasteiger partial charge on any atom is -0.461 e. The normalized spacial score (nSPS) is 14.0. The molecule has 0 aliphatic heterocycles. The Hall–Kier alpha value is -2.58. The Balaban J connectivity index is 1.35. The number of nitrogens with zero attached hydrogens (tertiary/aromatic N) is 5. The Morgan fingerprint density at radius 1 is 1.11 bits per heavy atom. The van der Waals surface area contributed by atoms with E-state index in [2.05, 4.69) is 25.0 Å². The second-order valence-corrected chi connectivity index (χ2v) is 7.56. The summed E-state index contributed by atoms with van der Waals surface area (Å²) in [4.78, 5) is 0. The van der Waals surface area contributed by atoms with E-state index < -0.39 is 0 Å². The van der Waals surface area contributed by atoms with Crippen LogP contribution in [-0.2, 0) is 5.75 Å². The van der Waals surface area contributed by atoms with Gasteiger partial charge in [0, 0.05) is 16.6 Å². The highest BCUT2D eigenvalue weighted by Gasteiger charge is 2.31. The number of hydrogen-bond acceptors (Lipinski definition) is 7. The Kier molecular flexibility index (Phi) is 4.21. The van der Waals surface area contributed by atoms with E-state index in [1.807, 2.05) is 24.3 Å². The molecule has 0 radical (unpaired) electrons. The van der Waals surface area contributed by atoms with Gasteiger partial charge in [-0.2, -0.15) is 0 Å². The molecule has 9 heteroatoms. The summed E-state index contributed by atoms with van der Waals surface area (Å²) in [5, 5.41) is 18.3. The monoisotopic (exact) mass is 399 g/mol. The van der Waals surface area contributed by atoms with Crippen LogP contribution in [0.5, 0.6) is 0 Å². The minimum atomic E-state index is 0.423. The van der Waals surface area contributed by atoms with E-state index in [0.717, 1.165) is 35.1 Å². The van der Waals surface area contributed by atoms with Gasteiger partial charge in [-0.1, -0.05) is 29.4 Å². The maximum Gasteiger partial charge on any atom is 0.247 e. The van der Waals surface area contributed by atoms with Gasteiger partial charge in [0.25, 0.3) is 0 Å². The Labute approximate surface area is 163 Å². The summed E-state index contributed by atoms with van der Waals surface area (Å²) in [7, 11) is 0. The lowest BCUT2D eigenvalue weighted by molar-refractivity contribution is 0.528. The third-order valence-electron chi connectivity index (χ3n) is 4.18. The highest BCUT2D eigenvalue weighted by atomic mass is 35.5. The van der Waals surface area contributed by atoms with Crippen LogP contribution >= 0.6 is 23.4 Å². The minimum absolute atomic E-state index is 0.423. The summed E-state index contributed by atoms with van der Waals surface area (Å²) in [5.41, 5.74) is 0.799. The molecule has 0 amide bonds. The van der Waals surface area contributed by atoms with Crippen molar-refractivity contribution < 1.29 is 8.83 Å². The smallest absolute Gasteiger partial charge is 0.247 e. The van der Waals surface area contributed by atoms with Gasteiger partial charge in [-0.25, -0.2) is 0 Å². The van der Waals surface area contributed by atoms with Crippen LogP contribution in [0.15, 0.2) is 56.7 Å². The predicted octanol–water partition coefficient (Wildman–Crippen LogP) is 4.87. The molecular formula is C18H14ClN5O2S. The fourth-order valence-electron chi connectivity index (χ4n) is 2.79. The van der Waals surface area contributed by atoms with Gasteiger partial charge in [-0.05, 0) is 43.2 Å². The average molecular weight is 400 g/mol. The molecule has 1 aliphatic carbocycles. The summed E-state index contributed by atoms with van der Waals surface area (Å²) in [6, 6.07) is 11.5. The molecule has 7 nitrogen and oxygen atoms in total. The highest BCUT2D eigenvalue weighted by Crippen LogP contribution is 2.41. The first-order valence-electron chi connectivity index (χ1n) is 8.48. The van der Waals surface area contributed by atoms with Gasteiger partial charge in [-0.15, -0.1) is 20.4 Å². The Bertz CT molecular complexity index is 1070. The van der Waals surface area contributed by atoms with E-state index in [4.69, 9.17) is 20.4 Å². The second kappa shape index (κ2) is 6.86. The van der Waals surface area contributed by atoms with Crippen molar-refractivity contribution in [3.63, 3.8) is 0 Å². The fraction of sp³-hybridized carbons (Fsp3) is 0.222. The summed E-state index contributed by atoms with van der Waals surface area (Å²) in [6.07, 6.45) is 3.89. The molecule has 1 aliphatic rings. The van der Waals surface area contributed by atoms with Crippen LogP contribution in [0.1, 0.15) is 24.8 Å². The van der Waals surface area contributed by atoms with Crippen LogP contribution in [0.4, 0.5) is 0 Å². The third-order valence-corrected chi connectivity index (χ3v) is 5.34. The molecule has 136 valence electrons. The van der Waals surface area contributed by atoms with Crippen LogP contribution in [0.25, 0.3) is 23.0 Å². The standard InChI is InChI=1S/C18H14ClN5O2S/c19-12-4-1-3-11(9-12)17-22-20-15(26-17)10-27-18-23-21-16(14-5-2-8-25-14)24(18)13-6-7-13/h1-5,8-9,13H,6-7,10H2. The molecule has 0 unspecified atom stereocenters.